The molecule has 2 fully saturated rings. The summed E-state index contributed by atoms with van der Waals surface area (Å²) in [5.41, 5.74) is 0.0433. The number of aromatic nitrogens is 3. The van der Waals surface area contributed by atoms with Crippen LogP contribution in [0.5, 0.6) is 0 Å². The molecule has 2 aliphatic rings. The lowest BCUT2D eigenvalue weighted by atomic mass is 10.1. The van der Waals surface area contributed by atoms with Crippen molar-refractivity contribution in [1.29, 1.82) is 0 Å². The number of nitrogens with one attached hydrogen (secondary N) is 2. The summed E-state index contributed by atoms with van der Waals surface area (Å²) in [4.78, 5) is 24.9. The molecule has 0 spiro atoms. The zero-order valence-electron chi connectivity index (χ0n) is 12.9. The van der Waals surface area contributed by atoms with Crippen molar-refractivity contribution < 1.29 is 4.39 Å². The van der Waals surface area contributed by atoms with Crippen LogP contribution in [0.3, 0.4) is 0 Å². The fraction of sp³-hybridized carbons (Fsp3) is 0.438. The minimum Gasteiger partial charge on any atom is -0.352 e. The minimum absolute atomic E-state index is 0.0738. The van der Waals surface area contributed by atoms with Gasteiger partial charge in [0.2, 0.25) is 5.95 Å². The number of H-pyrrole nitrogens is 1. The molecule has 0 bridgehead atoms. The smallest absolute Gasteiger partial charge is 0.272 e. The minimum atomic E-state index is -0.623. The molecule has 126 valence electrons. The maximum absolute atomic E-state index is 13.4. The van der Waals surface area contributed by atoms with Crippen molar-refractivity contribution in [2.45, 2.75) is 18.9 Å². The van der Waals surface area contributed by atoms with E-state index in [1.807, 2.05) is 4.90 Å². The lowest BCUT2D eigenvalue weighted by molar-refractivity contribution is 0.417. The van der Waals surface area contributed by atoms with Crippen molar-refractivity contribution in [2.24, 2.45) is 5.92 Å². The van der Waals surface area contributed by atoms with Gasteiger partial charge in [0.1, 0.15) is 10.8 Å². The highest BCUT2D eigenvalue weighted by Crippen LogP contribution is 2.35. The molecule has 2 N–H and O–H groups in total. The van der Waals surface area contributed by atoms with Gasteiger partial charge < -0.3 is 15.2 Å². The summed E-state index contributed by atoms with van der Waals surface area (Å²) in [6.45, 7) is 2.32. The third kappa shape index (κ3) is 3.01. The van der Waals surface area contributed by atoms with E-state index in [4.69, 9.17) is 11.6 Å². The molecule has 1 atom stereocenters. The highest BCUT2D eigenvalue weighted by atomic mass is 35.5. The van der Waals surface area contributed by atoms with Crippen LogP contribution >= 0.6 is 11.6 Å². The van der Waals surface area contributed by atoms with Gasteiger partial charge >= 0.3 is 0 Å². The van der Waals surface area contributed by atoms with E-state index in [1.54, 1.807) is 6.07 Å². The van der Waals surface area contributed by atoms with Gasteiger partial charge in [-0.1, -0.05) is 11.6 Å². The van der Waals surface area contributed by atoms with Crippen molar-refractivity contribution in [1.82, 2.24) is 20.3 Å². The lowest BCUT2D eigenvalue weighted by Crippen LogP contribution is -2.52. The van der Waals surface area contributed by atoms with Gasteiger partial charge in [0.25, 0.3) is 5.56 Å². The van der Waals surface area contributed by atoms with Crippen molar-refractivity contribution in [3.63, 3.8) is 0 Å². The zero-order valence-corrected chi connectivity index (χ0v) is 13.7. The van der Waals surface area contributed by atoms with Gasteiger partial charge in [0.05, 0.1) is 0 Å². The van der Waals surface area contributed by atoms with Gasteiger partial charge in [-0.2, -0.15) is 4.39 Å². The van der Waals surface area contributed by atoms with Crippen molar-refractivity contribution >= 4 is 17.4 Å². The number of nitrogens with zero attached hydrogens (tertiary/aromatic N) is 3. The number of hydrogen-bond donors (Lipinski definition) is 2. The molecule has 0 amide bonds. The largest absolute Gasteiger partial charge is 0.352 e. The predicted molar refractivity (Wildman–Crippen MR) is 89.8 cm³/mol. The molecule has 4 rings (SSSR count). The molecular weight excluding hydrogens is 333 g/mol. The molecule has 2 aromatic heterocycles. The molecule has 1 aliphatic carbocycles. The maximum atomic E-state index is 13.4. The lowest BCUT2D eigenvalue weighted by Gasteiger charge is -2.35. The molecule has 1 saturated heterocycles. The van der Waals surface area contributed by atoms with E-state index in [-0.39, 0.29) is 5.02 Å². The summed E-state index contributed by atoms with van der Waals surface area (Å²) in [5.74, 6) is 0.826. The van der Waals surface area contributed by atoms with E-state index in [0.717, 1.165) is 19.6 Å². The third-order valence-corrected chi connectivity index (χ3v) is 4.88. The number of halogens is 2. The summed E-state index contributed by atoms with van der Waals surface area (Å²) < 4.78 is 13.4. The summed E-state index contributed by atoms with van der Waals surface area (Å²) in [6, 6.07) is 3.24. The van der Waals surface area contributed by atoms with Crippen molar-refractivity contribution in [2.75, 3.05) is 24.5 Å². The second-order valence-electron chi connectivity index (χ2n) is 6.26. The summed E-state index contributed by atoms with van der Waals surface area (Å²) in [7, 11) is 0. The first kappa shape index (κ1) is 15.5. The molecule has 3 heterocycles. The van der Waals surface area contributed by atoms with Crippen molar-refractivity contribution in [3.8, 4) is 11.4 Å². The molecule has 0 radical (unpaired) electrons. The highest BCUT2D eigenvalue weighted by molar-refractivity contribution is 6.32. The Hall–Kier alpha value is -1.99. The molecule has 2 aromatic rings. The Balaban J connectivity index is 1.70. The van der Waals surface area contributed by atoms with Gasteiger partial charge in [0, 0.05) is 43.5 Å². The first-order valence-corrected chi connectivity index (χ1v) is 8.39. The molecule has 1 unspecified atom stereocenters. The third-order valence-electron chi connectivity index (χ3n) is 4.54. The van der Waals surface area contributed by atoms with Crippen LogP contribution in [0.25, 0.3) is 11.4 Å². The average Bonchev–Trinajstić information content (AvgIpc) is 3.42. The first-order chi connectivity index (χ1) is 11.6. The van der Waals surface area contributed by atoms with Gasteiger partial charge in [-0.05, 0) is 24.8 Å². The van der Waals surface area contributed by atoms with E-state index in [0.29, 0.717) is 29.2 Å². The molecule has 1 aliphatic heterocycles. The summed E-state index contributed by atoms with van der Waals surface area (Å²) >= 11 is 6.21. The molecule has 24 heavy (non-hydrogen) atoms. The molecule has 0 aromatic carbocycles. The van der Waals surface area contributed by atoms with Gasteiger partial charge in [-0.3, -0.25) is 4.79 Å². The van der Waals surface area contributed by atoms with Gasteiger partial charge in [0.15, 0.2) is 5.82 Å². The molecular formula is C16H17ClFN5O. The maximum Gasteiger partial charge on any atom is 0.272 e. The highest BCUT2D eigenvalue weighted by Gasteiger charge is 2.35. The molecule has 6 nitrogen and oxygen atoms in total. The quantitative estimate of drug-likeness (QED) is 0.827. The monoisotopic (exact) mass is 349 g/mol. The fourth-order valence-electron chi connectivity index (χ4n) is 3.13. The van der Waals surface area contributed by atoms with Crippen LogP contribution in [0.15, 0.2) is 23.1 Å². The number of hydrogen-bond acceptors (Lipinski definition) is 5. The number of anilines is 1. The van der Waals surface area contributed by atoms with Crippen LogP contribution < -0.4 is 15.8 Å². The average molecular weight is 350 g/mol. The second-order valence-corrected chi connectivity index (χ2v) is 6.64. The van der Waals surface area contributed by atoms with E-state index in [9.17, 15) is 9.18 Å². The van der Waals surface area contributed by atoms with E-state index in [2.05, 4.69) is 20.3 Å². The second kappa shape index (κ2) is 6.14. The molecule has 1 saturated carbocycles. The predicted octanol–water partition coefficient (Wildman–Crippen LogP) is 1.81. The summed E-state index contributed by atoms with van der Waals surface area (Å²) in [6.07, 6.45) is 3.82. The Morgan fingerprint density at radius 2 is 2.21 bits per heavy atom. The van der Waals surface area contributed by atoms with E-state index < -0.39 is 11.5 Å². The number of rotatable bonds is 3. The number of piperazine rings is 1. The van der Waals surface area contributed by atoms with Crippen LogP contribution in [-0.2, 0) is 0 Å². The normalized spacial score (nSPS) is 21.1. The van der Waals surface area contributed by atoms with E-state index in [1.165, 1.54) is 25.1 Å². The Labute approximate surface area is 143 Å². The van der Waals surface area contributed by atoms with Crippen LogP contribution in [0.1, 0.15) is 12.8 Å². The van der Waals surface area contributed by atoms with Crippen LogP contribution in [0.2, 0.25) is 5.02 Å². The fourth-order valence-corrected chi connectivity index (χ4v) is 3.34. The molecule has 8 heteroatoms. The SMILES string of the molecule is O=c1[nH]c(-c2ccnc(F)c2)nc(N2CCNC(C3CC3)C2)c1Cl. The zero-order chi connectivity index (χ0) is 16.7. The Morgan fingerprint density at radius 3 is 2.96 bits per heavy atom. The Kier molecular flexibility index (Phi) is 3.97. The van der Waals surface area contributed by atoms with Crippen molar-refractivity contribution in [3.05, 3.63) is 39.7 Å². The standard InChI is InChI=1S/C16H17ClFN5O/c17-13-15(23-6-5-19-11(8-23)9-1-2-9)21-14(22-16(13)24)10-3-4-20-12(18)7-10/h3-4,7,9,11,19H,1-2,5-6,8H2,(H,21,22,24). The van der Waals surface area contributed by atoms with Crippen LogP contribution in [-0.4, -0.2) is 40.6 Å². The topological polar surface area (TPSA) is 73.9 Å². The van der Waals surface area contributed by atoms with Gasteiger partial charge in [-0.15, -0.1) is 0 Å². The van der Waals surface area contributed by atoms with Crippen LogP contribution in [0, 0.1) is 11.9 Å². The number of aromatic amines is 1. The Morgan fingerprint density at radius 1 is 1.38 bits per heavy atom. The summed E-state index contributed by atoms with van der Waals surface area (Å²) in [5, 5.41) is 3.59. The first-order valence-electron chi connectivity index (χ1n) is 8.02. The van der Waals surface area contributed by atoms with Gasteiger partial charge in [-0.25, -0.2) is 9.97 Å². The van der Waals surface area contributed by atoms with Crippen LogP contribution in [0.4, 0.5) is 10.2 Å². The Bertz CT molecular complexity index is 822. The van der Waals surface area contributed by atoms with E-state index >= 15 is 0 Å². The number of pyridine rings is 1.